The quantitative estimate of drug-likeness (QED) is 0.708. The second kappa shape index (κ2) is 10.3. The summed E-state index contributed by atoms with van der Waals surface area (Å²) >= 11 is 0. The van der Waals surface area contributed by atoms with Gasteiger partial charge in [0.1, 0.15) is 12.4 Å². The van der Waals surface area contributed by atoms with E-state index in [1.165, 1.54) is 0 Å². The number of ether oxygens (including phenoxy) is 2. The maximum Gasteiger partial charge on any atom is 0.237 e. The number of carbonyl (C=O) groups is 1. The molecule has 6 heteroatoms. The number of benzene rings is 1. The van der Waals surface area contributed by atoms with Crippen LogP contribution in [0.1, 0.15) is 25.3 Å². The first-order valence-corrected chi connectivity index (χ1v) is 8.74. The maximum atomic E-state index is 11.9. The first-order valence-electron chi connectivity index (χ1n) is 8.74. The molecule has 0 saturated carbocycles. The van der Waals surface area contributed by atoms with Gasteiger partial charge in [0.25, 0.3) is 0 Å². The van der Waals surface area contributed by atoms with Crippen LogP contribution in [-0.4, -0.2) is 56.3 Å². The highest BCUT2D eigenvalue weighted by molar-refractivity contribution is 5.81. The van der Waals surface area contributed by atoms with Crippen molar-refractivity contribution in [2.24, 2.45) is 5.73 Å². The molecule has 0 aliphatic carbocycles. The number of hydrogen-bond donors (Lipinski definition) is 2. The van der Waals surface area contributed by atoms with Crippen molar-refractivity contribution in [2.45, 2.75) is 32.4 Å². The van der Waals surface area contributed by atoms with Crippen molar-refractivity contribution in [3.05, 3.63) is 29.8 Å². The largest absolute Gasteiger partial charge is 0.492 e. The zero-order chi connectivity index (χ0) is 17.2. The highest BCUT2D eigenvalue weighted by Gasteiger charge is 2.13. The van der Waals surface area contributed by atoms with Crippen LogP contribution in [0.5, 0.6) is 5.75 Å². The fourth-order valence-corrected chi connectivity index (χ4v) is 2.66. The average Bonchev–Trinajstić information content (AvgIpc) is 2.61. The predicted octanol–water partition coefficient (Wildman–Crippen LogP) is 1.14. The Labute approximate surface area is 144 Å². The first kappa shape index (κ1) is 18.7. The topological polar surface area (TPSA) is 76.8 Å². The van der Waals surface area contributed by atoms with Gasteiger partial charge in [-0.25, -0.2) is 0 Å². The fourth-order valence-electron chi connectivity index (χ4n) is 2.66. The molecule has 1 heterocycles. The SMILES string of the molecule is CCCC(N)C(=O)NCc1ccccc1OCCN1CCOCC1. The molecule has 1 saturated heterocycles. The Morgan fingerprint density at radius 3 is 2.88 bits per heavy atom. The van der Waals surface area contributed by atoms with E-state index in [1.54, 1.807) is 0 Å². The zero-order valence-electron chi connectivity index (χ0n) is 14.5. The van der Waals surface area contributed by atoms with Gasteiger partial charge in [0.05, 0.1) is 19.3 Å². The minimum absolute atomic E-state index is 0.111. The van der Waals surface area contributed by atoms with Crippen molar-refractivity contribution in [1.29, 1.82) is 0 Å². The summed E-state index contributed by atoms with van der Waals surface area (Å²) in [6.07, 6.45) is 1.60. The van der Waals surface area contributed by atoms with Gasteiger partial charge < -0.3 is 20.5 Å². The van der Waals surface area contributed by atoms with E-state index in [2.05, 4.69) is 10.2 Å². The molecule has 1 fully saturated rings. The Hall–Kier alpha value is -1.63. The van der Waals surface area contributed by atoms with Crippen LogP contribution >= 0.6 is 0 Å². The van der Waals surface area contributed by atoms with Crippen LogP contribution in [-0.2, 0) is 16.1 Å². The van der Waals surface area contributed by atoms with E-state index in [0.717, 1.165) is 50.6 Å². The molecule has 1 unspecified atom stereocenters. The molecule has 0 bridgehead atoms. The Bertz CT molecular complexity index is 504. The summed E-state index contributed by atoms with van der Waals surface area (Å²) in [5, 5.41) is 2.89. The van der Waals surface area contributed by atoms with Crippen LogP contribution in [0, 0.1) is 0 Å². The molecular formula is C18H29N3O3. The van der Waals surface area contributed by atoms with E-state index in [4.69, 9.17) is 15.2 Å². The molecule has 1 aliphatic heterocycles. The highest BCUT2D eigenvalue weighted by Crippen LogP contribution is 2.17. The van der Waals surface area contributed by atoms with E-state index in [0.29, 0.717) is 19.6 Å². The first-order chi connectivity index (χ1) is 11.7. The molecule has 24 heavy (non-hydrogen) atoms. The van der Waals surface area contributed by atoms with Gasteiger partial charge in [-0.05, 0) is 12.5 Å². The Balaban J connectivity index is 1.79. The molecule has 2 rings (SSSR count). The lowest BCUT2D eigenvalue weighted by molar-refractivity contribution is -0.122. The van der Waals surface area contributed by atoms with Gasteiger partial charge in [-0.1, -0.05) is 31.5 Å². The van der Waals surface area contributed by atoms with Crippen molar-refractivity contribution < 1.29 is 14.3 Å². The summed E-state index contributed by atoms with van der Waals surface area (Å²) in [5.74, 6) is 0.704. The normalized spacial score (nSPS) is 16.6. The number of morpholine rings is 1. The second-order valence-electron chi connectivity index (χ2n) is 6.02. The number of hydrogen-bond acceptors (Lipinski definition) is 5. The van der Waals surface area contributed by atoms with Crippen molar-refractivity contribution in [3.8, 4) is 5.75 Å². The molecule has 134 valence electrons. The lowest BCUT2D eigenvalue weighted by Gasteiger charge is -2.26. The van der Waals surface area contributed by atoms with Crippen molar-refractivity contribution >= 4 is 5.91 Å². The molecule has 0 aromatic heterocycles. The van der Waals surface area contributed by atoms with E-state index in [9.17, 15) is 4.79 Å². The van der Waals surface area contributed by atoms with Crippen LogP contribution in [0.3, 0.4) is 0 Å². The molecule has 6 nitrogen and oxygen atoms in total. The van der Waals surface area contributed by atoms with Crippen LogP contribution in [0.2, 0.25) is 0 Å². The van der Waals surface area contributed by atoms with Crippen molar-refractivity contribution in [1.82, 2.24) is 10.2 Å². The number of amides is 1. The van der Waals surface area contributed by atoms with Crippen LogP contribution < -0.4 is 15.8 Å². The smallest absolute Gasteiger partial charge is 0.237 e. The molecule has 1 aromatic carbocycles. The number of nitrogens with zero attached hydrogens (tertiary/aromatic N) is 1. The zero-order valence-corrected chi connectivity index (χ0v) is 14.5. The standard InChI is InChI=1S/C18H29N3O3/c1-2-5-16(19)18(22)20-14-15-6-3-4-7-17(15)24-13-10-21-8-11-23-12-9-21/h3-4,6-7,16H,2,5,8-14,19H2,1H3,(H,20,22). The van der Waals surface area contributed by atoms with Gasteiger partial charge in [-0.15, -0.1) is 0 Å². The number of carbonyl (C=O) groups excluding carboxylic acids is 1. The summed E-state index contributed by atoms with van der Waals surface area (Å²) in [7, 11) is 0. The molecular weight excluding hydrogens is 306 g/mol. The van der Waals surface area contributed by atoms with E-state index in [-0.39, 0.29) is 5.91 Å². The van der Waals surface area contributed by atoms with E-state index >= 15 is 0 Å². The lowest BCUT2D eigenvalue weighted by atomic mass is 10.1. The maximum absolute atomic E-state index is 11.9. The van der Waals surface area contributed by atoms with Gasteiger partial charge in [0.15, 0.2) is 0 Å². The van der Waals surface area contributed by atoms with Gasteiger partial charge >= 0.3 is 0 Å². The minimum atomic E-state index is -0.440. The minimum Gasteiger partial charge on any atom is -0.492 e. The van der Waals surface area contributed by atoms with Gasteiger partial charge in [-0.3, -0.25) is 9.69 Å². The summed E-state index contributed by atoms with van der Waals surface area (Å²) in [6, 6.07) is 7.35. The highest BCUT2D eigenvalue weighted by atomic mass is 16.5. The van der Waals surface area contributed by atoms with E-state index < -0.39 is 6.04 Å². The summed E-state index contributed by atoms with van der Waals surface area (Å²) < 4.78 is 11.3. The molecule has 1 aromatic rings. The Morgan fingerprint density at radius 2 is 2.12 bits per heavy atom. The van der Waals surface area contributed by atoms with Crippen LogP contribution in [0.15, 0.2) is 24.3 Å². The van der Waals surface area contributed by atoms with Crippen LogP contribution in [0.25, 0.3) is 0 Å². The van der Waals surface area contributed by atoms with Crippen LogP contribution in [0.4, 0.5) is 0 Å². The van der Waals surface area contributed by atoms with Gasteiger partial charge in [0, 0.05) is 31.7 Å². The molecule has 0 radical (unpaired) electrons. The number of nitrogens with two attached hydrogens (primary N) is 1. The third-order valence-corrected chi connectivity index (χ3v) is 4.13. The molecule has 1 amide bonds. The van der Waals surface area contributed by atoms with Gasteiger partial charge in [0.2, 0.25) is 5.91 Å². The third-order valence-electron chi connectivity index (χ3n) is 4.13. The Morgan fingerprint density at radius 1 is 1.38 bits per heavy atom. The lowest BCUT2D eigenvalue weighted by Crippen LogP contribution is -2.40. The monoisotopic (exact) mass is 335 g/mol. The number of para-hydroxylation sites is 1. The fraction of sp³-hybridized carbons (Fsp3) is 0.611. The molecule has 0 spiro atoms. The third kappa shape index (κ3) is 6.11. The van der Waals surface area contributed by atoms with Crippen molar-refractivity contribution in [3.63, 3.8) is 0 Å². The molecule has 3 N–H and O–H groups in total. The number of rotatable bonds is 9. The summed E-state index contributed by atoms with van der Waals surface area (Å²) in [4.78, 5) is 14.3. The number of nitrogens with one attached hydrogen (secondary N) is 1. The average molecular weight is 335 g/mol. The predicted molar refractivity (Wildman–Crippen MR) is 93.9 cm³/mol. The van der Waals surface area contributed by atoms with E-state index in [1.807, 2.05) is 31.2 Å². The molecule has 1 aliphatic rings. The van der Waals surface area contributed by atoms with Crippen molar-refractivity contribution in [2.75, 3.05) is 39.5 Å². The second-order valence-corrected chi connectivity index (χ2v) is 6.02. The summed E-state index contributed by atoms with van der Waals surface area (Å²) in [6.45, 7) is 7.45. The molecule has 1 atom stereocenters. The Kier molecular flexibility index (Phi) is 8.01. The van der Waals surface area contributed by atoms with Gasteiger partial charge in [-0.2, -0.15) is 0 Å². The summed E-state index contributed by atoms with van der Waals surface area (Å²) in [5.41, 5.74) is 6.80.